The molecule has 11 aromatic rings. The Morgan fingerprint density at radius 1 is 0.397 bits per heavy atom. The lowest BCUT2D eigenvalue weighted by Crippen LogP contribution is -2.12. The number of aromatic nitrogens is 1. The van der Waals surface area contributed by atoms with Gasteiger partial charge in [0.05, 0.1) is 22.4 Å². The van der Waals surface area contributed by atoms with Crippen molar-refractivity contribution in [2.24, 2.45) is 0 Å². The van der Waals surface area contributed by atoms with Crippen molar-refractivity contribution >= 4 is 70.4 Å². The van der Waals surface area contributed by atoms with Crippen LogP contribution in [0.25, 0.3) is 81.0 Å². The molecule has 2 aromatic heterocycles. The summed E-state index contributed by atoms with van der Waals surface area (Å²) in [5, 5.41) is 4.88. The van der Waals surface area contributed by atoms with Gasteiger partial charge in [-0.15, -0.1) is 11.3 Å². The summed E-state index contributed by atoms with van der Waals surface area (Å²) in [6, 6.07) is 74.1. The van der Waals surface area contributed by atoms with Crippen LogP contribution in [-0.4, -0.2) is 4.57 Å². The third-order valence-corrected chi connectivity index (χ3v) is 12.5. The first-order valence-electron chi connectivity index (χ1n) is 19.5. The molecule has 0 spiro atoms. The SMILES string of the molecule is Fc1ccc(N(c2ccc3c4ccccc4n(-c4ccccc4-c4ccccc4)c3c2)c2cc(-c3cccc4c3sc3ccccc34)ccc2-c2ccccc2)cc1. The Morgan fingerprint density at radius 3 is 1.83 bits per heavy atom. The molecule has 0 unspecified atom stereocenters. The van der Waals surface area contributed by atoms with Crippen LogP contribution in [0.3, 0.4) is 0 Å². The van der Waals surface area contributed by atoms with Gasteiger partial charge in [0, 0.05) is 53.4 Å². The minimum Gasteiger partial charge on any atom is -0.310 e. The van der Waals surface area contributed by atoms with Gasteiger partial charge in [-0.2, -0.15) is 0 Å². The highest BCUT2D eigenvalue weighted by Crippen LogP contribution is 2.47. The smallest absolute Gasteiger partial charge is 0.123 e. The second-order valence-electron chi connectivity index (χ2n) is 14.6. The molecule has 0 aliphatic heterocycles. The number of anilines is 3. The molecule has 2 heterocycles. The summed E-state index contributed by atoms with van der Waals surface area (Å²) in [4.78, 5) is 2.29. The molecule has 11 rings (SSSR count). The summed E-state index contributed by atoms with van der Waals surface area (Å²) in [6.07, 6.45) is 0. The first-order valence-corrected chi connectivity index (χ1v) is 20.4. The minimum atomic E-state index is -0.273. The number of hydrogen-bond donors (Lipinski definition) is 0. The van der Waals surface area contributed by atoms with Gasteiger partial charge in [-0.3, -0.25) is 0 Å². The standard InChI is InChI=1S/C54H35FN2S/c55-39-27-29-40(30-28-39)56(41-31-33-46-45-19-8-11-24-50(45)57(52(46)35-41)49-23-10-7-18-42(49)36-14-3-1-4-15-36)51-34-38(26-32-43(51)37-16-5-2-6-17-37)44-21-13-22-48-47-20-9-12-25-53(47)58-54(44)48/h1-35H. The Balaban J connectivity index is 1.19. The molecule has 0 amide bonds. The second-order valence-corrected chi connectivity index (χ2v) is 15.7. The van der Waals surface area contributed by atoms with E-state index in [0.717, 1.165) is 67.0 Å². The predicted molar refractivity (Wildman–Crippen MR) is 245 cm³/mol. The topological polar surface area (TPSA) is 8.17 Å². The highest BCUT2D eigenvalue weighted by molar-refractivity contribution is 7.26. The zero-order chi connectivity index (χ0) is 38.6. The third kappa shape index (κ3) is 5.69. The largest absolute Gasteiger partial charge is 0.310 e. The lowest BCUT2D eigenvalue weighted by molar-refractivity contribution is 0.628. The van der Waals surface area contributed by atoms with Crippen molar-refractivity contribution in [3.63, 3.8) is 0 Å². The molecule has 274 valence electrons. The highest BCUT2D eigenvalue weighted by atomic mass is 32.1. The molecule has 0 atom stereocenters. The Morgan fingerprint density at radius 2 is 1.02 bits per heavy atom. The fraction of sp³-hybridized carbons (Fsp3) is 0. The Labute approximate surface area is 339 Å². The molecule has 0 saturated carbocycles. The van der Waals surface area contributed by atoms with E-state index in [1.165, 1.54) is 31.1 Å². The van der Waals surface area contributed by atoms with E-state index >= 15 is 0 Å². The first-order chi connectivity index (χ1) is 28.7. The van der Waals surface area contributed by atoms with Gasteiger partial charge in [-0.05, 0) is 82.9 Å². The van der Waals surface area contributed by atoms with E-state index < -0.39 is 0 Å². The number of rotatable bonds is 7. The minimum absolute atomic E-state index is 0.273. The molecule has 0 aliphatic carbocycles. The van der Waals surface area contributed by atoms with Gasteiger partial charge in [0.15, 0.2) is 0 Å². The number of nitrogens with zero attached hydrogens (tertiary/aromatic N) is 2. The maximum absolute atomic E-state index is 14.7. The number of fused-ring (bicyclic) bond motifs is 6. The van der Waals surface area contributed by atoms with Crippen LogP contribution in [0.2, 0.25) is 0 Å². The summed E-state index contributed by atoms with van der Waals surface area (Å²) in [5.41, 5.74) is 12.9. The number of hydrogen-bond acceptors (Lipinski definition) is 2. The maximum Gasteiger partial charge on any atom is 0.123 e. The van der Waals surface area contributed by atoms with Crippen molar-refractivity contribution in [1.82, 2.24) is 4.57 Å². The van der Waals surface area contributed by atoms with E-state index in [2.05, 4.69) is 198 Å². The zero-order valence-corrected chi connectivity index (χ0v) is 32.2. The van der Waals surface area contributed by atoms with E-state index in [1.807, 2.05) is 23.5 Å². The van der Waals surface area contributed by atoms with Gasteiger partial charge in [0.2, 0.25) is 0 Å². The number of thiophene rings is 1. The van der Waals surface area contributed by atoms with Crippen molar-refractivity contribution in [2.75, 3.05) is 4.90 Å². The van der Waals surface area contributed by atoms with Gasteiger partial charge < -0.3 is 9.47 Å². The van der Waals surface area contributed by atoms with E-state index in [-0.39, 0.29) is 5.82 Å². The molecule has 0 N–H and O–H groups in total. The third-order valence-electron chi connectivity index (χ3n) is 11.3. The van der Waals surface area contributed by atoms with Crippen LogP contribution in [0.15, 0.2) is 212 Å². The lowest BCUT2D eigenvalue weighted by atomic mass is 9.96. The Bertz CT molecular complexity index is 3290. The molecule has 9 aromatic carbocycles. The van der Waals surface area contributed by atoms with Crippen LogP contribution < -0.4 is 4.90 Å². The van der Waals surface area contributed by atoms with Crippen LogP contribution in [0.5, 0.6) is 0 Å². The second kappa shape index (κ2) is 14.0. The summed E-state index contributed by atoms with van der Waals surface area (Å²) >= 11 is 1.84. The van der Waals surface area contributed by atoms with Crippen molar-refractivity contribution in [1.29, 1.82) is 0 Å². The van der Waals surface area contributed by atoms with Gasteiger partial charge in [0.1, 0.15) is 5.82 Å². The van der Waals surface area contributed by atoms with Gasteiger partial charge >= 0.3 is 0 Å². The molecular formula is C54H35FN2S. The summed E-state index contributed by atoms with van der Waals surface area (Å²) in [7, 11) is 0. The van der Waals surface area contributed by atoms with Crippen molar-refractivity contribution in [3.05, 3.63) is 218 Å². The Kier molecular flexibility index (Phi) is 8.23. The number of benzene rings is 9. The zero-order valence-electron chi connectivity index (χ0n) is 31.4. The molecule has 0 fully saturated rings. The molecule has 0 aliphatic rings. The van der Waals surface area contributed by atoms with E-state index in [0.29, 0.717) is 0 Å². The highest BCUT2D eigenvalue weighted by Gasteiger charge is 2.22. The van der Waals surface area contributed by atoms with Crippen molar-refractivity contribution < 1.29 is 4.39 Å². The molecule has 0 radical (unpaired) electrons. The molecule has 0 saturated heterocycles. The molecule has 0 bridgehead atoms. The Hall–Kier alpha value is -7.27. The van der Waals surface area contributed by atoms with Crippen LogP contribution in [0.4, 0.5) is 21.5 Å². The first kappa shape index (κ1) is 34.0. The van der Waals surface area contributed by atoms with E-state index in [4.69, 9.17) is 0 Å². The average Bonchev–Trinajstić information content (AvgIpc) is 3.83. The fourth-order valence-electron chi connectivity index (χ4n) is 8.63. The summed E-state index contributed by atoms with van der Waals surface area (Å²) < 4.78 is 19.7. The monoisotopic (exact) mass is 762 g/mol. The van der Waals surface area contributed by atoms with Crippen LogP contribution in [-0.2, 0) is 0 Å². The van der Waals surface area contributed by atoms with Crippen molar-refractivity contribution in [3.8, 4) is 39.1 Å². The predicted octanol–water partition coefficient (Wildman–Crippen LogP) is 15.8. The van der Waals surface area contributed by atoms with Crippen LogP contribution >= 0.6 is 11.3 Å². The number of halogens is 1. The van der Waals surface area contributed by atoms with Gasteiger partial charge in [-0.1, -0.05) is 152 Å². The molecule has 2 nitrogen and oxygen atoms in total. The van der Waals surface area contributed by atoms with Gasteiger partial charge in [0.25, 0.3) is 0 Å². The van der Waals surface area contributed by atoms with Crippen LogP contribution in [0, 0.1) is 5.82 Å². The maximum atomic E-state index is 14.7. The van der Waals surface area contributed by atoms with Crippen molar-refractivity contribution in [2.45, 2.75) is 0 Å². The molecule has 4 heteroatoms. The lowest BCUT2D eigenvalue weighted by Gasteiger charge is -2.29. The fourth-order valence-corrected chi connectivity index (χ4v) is 9.86. The van der Waals surface area contributed by atoms with E-state index in [1.54, 1.807) is 12.1 Å². The number of para-hydroxylation sites is 2. The average molecular weight is 763 g/mol. The summed E-state index contributed by atoms with van der Waals surface area (Å²) in [5.74, 6) is -0.273. The van der Waals surface area contributed by atoms with Gasteiger partial charge in [-0.25, -0.2) is 4.39 Å². The molecular weight excluding hydrogens is 728 g/mol. The molecule has 58 heavy (non-hydrogen) atoms. The van der Waals surface area contributed by atoms with E-state index in [9.17, 15) is 4.39 Å². The normalized spacial score (nSPS) is 11.5. The van der Waals surface area contributed by atoms with Crippen LogP contribution in [0.1, 0.15) is 0 Å². The quantitative estimate of drug-likeness (QED) is 0.157. The summed E-state index contributed by atoms with van der Waals surface area (Å²) in [6.45, 7) is 0.